The first-order valence-electron chi connectivity index (χ1n) is 11.6. The summed E-state index contributed by atoms with van der Waals surface area (Å²) in [5.41, 5.74) is 3.55. The summed E-state index contributed by atoms with van der Waals surface area (Å²) in [4.78, 5) is 29.8. The molecule has 2 fully saturated rings. The monoisotopic (exact) mass is 478 g/mol. The molecule has 0 saturated carbocycles. The van der Waals surface area contributed by atoms with E-state index in [2.05, 4.69) is 24.3 Å². The van der Waals surface area contributed by atoms with Gasteiger partial charge in [0.05, 0.1) is 4.91 Å². The maximum absolute atomic E-state index is 12.8. The van der Waals surface area contributed by atoms with Gasteiger partial charge < -0.3 is 4.90 Å². The number of carbonyl (C=O) groups is 2. The van der Waals surface area contributed by atoms with Crippen molar-refractivity contribution in [3.05, 3.63) is 76.2 Å². The van der Waals surface area contributed by atoms with Crippen molar-refractivity contribution >= 4 is 46.2 Å². The van der Waals surface area contributed by atoms with E-state index in [1.54, 1.807) is 4.90 Å². The number of benzene rings is 2. The molecule has 2 aliphatic heterocycles. The van der Waals surface area contributed by atoms with Gasteiger partial charge in [-0.2, -0.15) is 0 Å². The topological polar surface area (TPSA) is 40.6 Å². The molecule has 2 aromatic carbocycles. The minimum absolute atomic E-state index is 0.0558. The minimum Gasteiger partial charge on any atom is -0.343 e. The molecule has 2 saturated heterocycles. The first-order valence-corrected chi connectivity index (χ1v) is 12.9. The van der Waals surface area contributed by atoms with Crippen molar-refractivity contribution in [3.8, 4) is 0 Å². The molecule has 2 aliphatic rings. The van der Waals surface area contributed by atoms with Crippen molar-refractivity contribution in [2.24, 2.45) is 5.92 Å². The van der Waals surface area contributed by atoms with Crippen molar-refractivity contribution in [1.29, 1.82) is 0 Å². The number of piperidine rings is 1. The zero-order valence-corrected chi connectivity index (χ0v) is 20.7. The molecule has 2 heterocycles. The van der Waals surface area contributed by atoms with Gasteiger partial charge in [-0.3, -0.25) is 14.5 Å². The summed E-state index contributed by atoms with van der Waals surface area (Å²) in [6, 6.07) is 18.7. The van der Waals surface area contributed by atoms with Crippen LogP contribution < -0.4 is 0 Å². The first-order chi connectivity index (χ1) is 16.0. The van der Waals surface area contributed by atoms with Gasteiger partial charge in [-0.1, -0.05) is 84.1 Å². The van der Waals surface area contributed by atoms with E-state index in [4.69, 9.17) is 12.2 Å². The second-order valence-corrected chi connectivity index (χ2v) is 10.5. The molecule has 0 spiro atoms. The Kier molecular flexibility index (Phi) is 7.99. The van der Waals surface area contributed by atoms with Crippen LogP contribution in [0.4, 0.5) is 0 Å². The second-order valence-electron chi connectivity index (χ2n) is 8.86. The average Bonchev–Trinajstić information content (AvgIpc) is 3.09. The SMILES string of the molecule is Cc1ccc(/C=C2/SC(=S)N(CCCC(=O)N3CCC(Cc4ccccc4)CC3)C2=O)cc1. The summed E-state index contributed by atoms with van der Waals surface area (Å²) in [7, 11) is 0. The van der Waals surface area contributed by atoms with Crippen LogP contribution in [0.25, 0.3) is 6.08 Å². The Hall–Kier alpha value is -2.44. The summed E-state index contributed by atoms with van der Waals surface area (Å²) in [5.74, 6) is 0.778. The molecule has 0 aromatic heterocycles. The van der Waals surface area contributed by atoms with Crippen LogP contribution in [0.1, 0.15) is 42.4 Å². The standard InChI is InChI=1S/C27H30N2O2S2/c1-20-9-11-22(12-10-20)19-24-26(31)29(27(32)33-24)15-5-8-25(30)28-16-13-23(14-17-28)18-21-6-3-2-4-7-21/h2-4,6-7,9-12,19,23H,5,8,13-18H2,1H3/b24-19+. The van der Waals surface area contributed by atoms with E-state index in [-0.39, 0.29) is 11.8 Å². The van der Waals surface area contributed by atoms with Crippen LogP contribution in [0.2, 0.25) is 0 Å². The number of carbonyl (C=O) groups excluding carboxylic acids is 2. The zero-order valence-electron chi connectivity index (χ0n) is 19.0. The molecule has 4 nitrogen and oxygen atoms in total. The number of amides is 2. The molecule has 33 heavy (non-hydrogen) atoms. The Bertz CT molecular complexity index is 1030. The summed E-state index contributed by atoms with van der Waals surface area (Å²) in [5, 5.41) is 0. The van der Waals surface area contributed by atoms with Crippen molar-refractivity contribution < 1.29 is 9.59 Å². The van der Waals surface area contributed by atoms with Crippen molar-refractivity contribution in [2.45, 2.75) is 39.0 Å². The van der Waals surface area contributed by atoms with E-state index < -0.39 is 0 Å². The highest BCUT2D eigenvalue weighted by Gasteiger charge is 2.32. The van der Waals surface area contributed by atoms with Gasteiger partial charge in [-0.15, -0.1) is 0 Å². The number of hydrogen-bond donors (Lipinski definition) is 0. The quantitative estimate of drug-likeness (QED) is 0.392. The highest BCUT2D eigenvalue weighted by molar-refractivity contribution is 8.26. The minimum atomic E-state index is -0.0558. The lowest BCUT2D eigenvalue weighted by molar-refractivity contribution is -0.133. The van der Waals surface area contributed by atoms with Crippen LogP contribution in [0.15, 0.2) is 59.5 Å². The molecular weight excluding hydrogens is 448 g/mol. The van der Waals surface area contributed by atoms with Crippen LogP contribution in [0, 0.1) is 12.8 Å². The van der Waals surface area contributed by atoms with Crippen molar-refractivity contribution in [3.63, 3.8) is 0 Å². The van der Waals surface area contributed by atoms with Gasteiger partial charge in [0.1, 0.15) is 4.32 Å². The molecule has 2 aromatic rings. The van der Waals surface area contributed by atoms with Gasteiger partial charge in [0.15, 0.2) is 0 Å². The van der Waals surface area contributed by atoms with E-state index in [1.165, 1.54) is 22.9 Å². The summed E-state index contributed by atoms with van der Waals surface area (Å²) < 4.78 is 0.576. The van der Waals surface area contributed by atoms with Gasteiger partial charge in [-0.25, -0.2) is 0 Å². The van der Waals surface area contributed by atoms with Gasteiger partial charge >= 0.3 is 0 Å². The van der Waals surface area contributed by atoms with Crippen molar-refractivity contribution in [2.75, 3.05) is 19.6 Å². The number of thiocarbonyl (C=S) groups is 1. The fraction of sp³-hybridized carbons (Fsp3) is 0.370. The van der Waals surface area contributed by atoms with E-state index in [9.17, 15) is 9.59 Å². The third kappa shape index (κ3) is 6.33. The van der Waals surface area contributed by atoms with Gasteiger partial charge in [-0.05, 0) is 55.7 Å². The third-order valence-corrected chi connectivity index (χ3v) is 7.73. The first kappa shape index (κ1) is 23.7. The molecule has 0 unspecified atom stereocenters. The molecule has 4 rings (SSSR count). The zero-order chi connectivity index (χ0) is 23.2. The van der Waals surface area contributed by atoms with Gasteiger partial charge in [0.25, 0.3) is 5.91 Å². The molecule has 0 aliphatic carbocycles. The van der Waals surface area contributed by atoms with Gasteiger partial charge in [0.2, 0.25) is 5.91 Å². The Morgan fingerprint density at radius 1 is 1.09 bits per heavy atom. The van der Waals surface area contributed by atoms with E-state index >= 15 is 0 Å². The fourth-order valence-corrected chi connectivity index (χ4v) is 5.70. The number of aryl methyl sites for hydroxylation is 1. The smallest absolute Gasteiger partial charge is 0.266 e. The summed E-state index contributed by atoms with van der Waals surface area (Å²) >= 11 is 6.78. The highest BCUT2D eigenvalue weighted by Crippen LogP contribution is 2.33. The largest absolute Gasteiger partial charge is 0.343 e. The Morgan fingerprint density at radius 2 is 1.79 bits per heavy atom. The number of likely N-dealkylation sites (tertiary alicyclic amines) is 1. The Morgan fingerprint density at radius 3 is 2.48 bits per heavy atom. The number of hydrogen-bond acceptors (Lipinski definition) is 4. The second kappa shape index (κ2) is 11.1. The fourth-order valence-electron chi connectivity index (χ4n) is 4.39. The normalized spacial score (nSPS) is 18.4. The average molecular weight is 479 g/mol. The number of nitrogens with zero attached hydrogens (tertiary/aromatic N) is 2. The van der Waals surface area contributed by atoms with Crippen LogP contribution in [-0.4, -0.2) is 45.6 Å². The van der Waals surface area contributed by atoms with Crippen molar-refractivity contribution in [1.82, 2.24) is 9.80 Å². The molecular formula is C27H30N2O2S2. The highest BCUT2D eigenvalue weighted by atomic mass is 32.2. The predicted octanol–water partition coefficient (Wildman–Crippen LogP) is 5.46. The number of rotatable bonds is 7. The lowest BCUT2D eigenvalue weighted by Gasteiger charge is -2.32. The molecule has 0 N–H and O–H groups in total. The molecule has 0 radical (unpaired) electrons. The summed E-state index contributed by atoms with van der Waals surface area (Å²) in [6.45, 7) is 4.19. The molecule has 6 heteroatoms. The molecule has 2 amide bonds. The van der Waals surface area contributed by atoms with Crippen LogP contribution in [0.3, 0.4) is 0 Å². The van der Waals surface area contributed by atoms with E-state index in [0.717, 1.165) is 37.9 Å². The Labute approximate surface area is 206 Å². The van der Waals surface area contributed by atoms with E-state index in [0.29, 0.717) is 34.5 Å². The lowest BCUT2D eigenvalue weighted by Crippen LogP contribution is -2.39. The van der Waals surface area contributed by atoms with Crippen LogP contribution >= 0.6 is 24.0 Å². The number of thioether (sulfide) groups is 1. The molecule has 172 valence electrons. The van der Waals surface area contributed by atoms with Crippen LogP contribution in [-0.2, 0) is 16.0 Å². The third-order valence-electron chi connectivity index (χ3n) is 6.36. The maximum Gasteiger partial charge on any atom is 0.266 e. The summed E-state index contributed by atoms with van der Waals surface area (Å²) in [6.07, 6.45) is 6.18. The van der Waals surface area contributed by atoms with Gasteiger partial charge in [0, 0.05) is 26.1 Å². The van der Waals surface area contributed by atoms with Crippen LogP contribution in [0.5, 0.6) is 0 Å². The maximum atomic E-state index is 12.8. The molecule has 0 bridgehead atoms. The van der Waals surface area contributed by atoms with E-state index in [1.807, 2.05) is 48.2 Å². The molecule has 0 atom stereocenters. The predicted molar refractivity (Wildman–Crippen MR) is 140 cm³/mol. The Balaban J connectivity index is 1.21. The lowest BCUT2D eigenvalue weighted by atomic mass is 9.90.